The molecule has 8 aromatic rings. The number of hydrogen-bond donors (Lipinski definition) is 1. The molecule has 1 aromatic heterocycles. The lowest BCUT2D eigenvalue weighted by Gasteiger charge is -2.39. The minimum absolute atomic E-state index is 0.0322. The number of rotatable bonds is 15. The lowest BCUT2D eigenvalue weighted by Crippen LogP contribution is -2.41. The van der Waals surface area contributed by atoms with Gasteiger partial charge < -0.3 is 14.8 Å². The fourth-order valence-corrected chi connectivity index (χ4v) is 7.73. The molecule has 0 aliphatic heterocycles. The van der Waals surface area contributed by atoms with Gasteiger partial charge in [0, 0.05) is 11.8 Å². The number of carbonyl (C=O) groups is 1. The van der Waals surface area contributed by atoms with Gasteiger partial charge in [0.15, 0.2) is 0 Å². The van der Waals surface area contributed by atoms with Crippen LogP contribution in [0.5, 0.6) is 0 Å². The summed E-state index contributed by atoms with van der Waals surface area (Å²) in [6.07, 6.45) is 1.65. The molecule has 0 atom stereocenters. The molecule has 1 heterocycles. The topological polar surface area (TPSA) is 82.5 Å². The molecule has 1 N–H and O–H groups in total. The summed E-state index contributed by atoms with van der Waals surface area (Å²) >= 11 is 0. The van der Waals surface area contributed by atoms with E-state index in [9.17, 15) is 9.59 Å². The van der Waals surface area contributed by atoms with Gasteiger partial charge in [-0.1, -0.05) is 200 Å². The minimum atomic E-state index is -1.07. The predicted molar refractivity (Wildman–Crippen MR) is 232 cm³/mol. The molecule has 59 heavy (non-hydrogen) atoms. The monoisotopic (exact) mass is 773 g/mol. The van der Waals surface area contributed by atoms with Gasteiger partial charge in [-0.25, -0.2) is 4.79 Å². The van der Waals surface area contributed by atoms with E-state index in [-0.39, 0.29) is 24.9 Å². The molecule has 0 unspecified atom stereocenters. The molecule has 0 radical (unpaired) electrons. The molecule has 0 saturated carbocycles. The van der Waals surface area contributed by atoms with Crippen molar-refractivity contribution in [1.29, 1.82) is 0 Å². The molecule has 7 aromatic carbocycles. The van der Waals surface area contributed by atoms with Crippen molar-refractivity contribution in [3.8, 4) is 0 Å². The minimum Gasteiger partial charge on any atom is -0.359 e. The van der Waals surface area contributed by atoms with Gasteiger partial charge in [-0.05, 0) is 51.6 Å². The largest absolute Gasteiger partial charge is 0.359 e. The molecule has 7 heteroatoms. The van der Waals surface area contributed by atoms with Gasteiger partial charge in [0.2, 0.25) is 0 Å². The molecule has 0 aliphatic rings. The second-order valence-corrected chi connectivity index (χ2v) is 14.2. The highest BCUT2D eigenvalue weighted by atomic mass is 16.5. The Balaban J connectivity index is 1.25. The number of nitrogens with zero attached hydrogens (tertiary/aromatic N) is 2. The standard InChI is InChI=1S/C52H43N3O4/c56-49(40-22-8-1-9-23-40)53-48-36-37-55(50(57)54-48)47(38-58-51(41-24-10-2-11-25-41,42-26-12-3-13-27-42)43-28-14-4-15-29-43)39-59-52(44-30-16-5-17-31-44,45-32-18-6-19-33-45)46-34-20-7-21-35-46/h1-37,47H,38-39H2,(H,53,54,56,57). The summed E-state index contributed by atoms with van der Waals surface area (Å²) in [6, 6.07) is 70.5. The molecule has 7 nitrogen and oxygen atoms in total. The van der Waals surface area contributed by atoms with Crippen LogP contribution in [0.2, 0.25) is 0 Å². The average Bonchev–Trinajstić information content (AvgIpc) is 3.31. The summed E-state index contributed by atoms with van der Waals surface area (Å²) in [5, 5.41) is 2.78. The molecule has 290 valence electrons. The number of carbonyl (C=O) groups excluding carboxylic acids is 1. The Kier molecular flexibility index (Phi) is 11.8. The molecule has 0 fully saturated rings. The average molecular weight is 774 g/mol. The van der Waals surface area contributed by atoms with Gasteiger partial charge in [-0.15, -0.1) is 0 Å². The van der Waals surface area contributed by atoms with Crippen molar-refractivity contribution in [2.24, 2.45) is 0 Å². The number of benzene rings is 7. The van der Waals surface area contributed by atoms with Crippen LogP contribution in [0.25, 0.3) is 0 Å². The van der Waals surface area contributed by atoms with Crippen molar-refractivity contribution in [3.63, 3.8) is 0 Å². The van der Waals surface area contributed by atoms with Gasteiger partial charge in [0.1, 0.15) is 17.0 Å². The lowest BCUT2D eigenvalue weighted by atomic mass is 9.80. The Morgan fingerprint density at radius 1 is 0.475 bits per heavy atom. The fourth-order valence-electron chi connectivity index (χ4n) is 7.73. The second-order valence-electron chi connectivity index (χ2n) is 14.2. The van der Waals surface area contributed by atoms with E-state index in [1.165, 1.54) is 4.57 Å². The third-order valence-corrected chi connectivity index (χ3v) is 10.6. The van der Waals surface area contributed by atoms with E-state index in [4.69, 9.17) is 9.47 Å². The summed E-state index contributed by atoms with van der Waals surface area (Å²) in [6.45, 7) is 0.0644. The van der Waals surface area contributed by atoms with E-state index >= 15 is 0 Å². The maximum Gasteiger partial charge on any atom is 0.349 e. The van der Waals surface area contributed by atoms with Gasteiger partial charge in [-0.2, -0.15) is 4.98 Å². The Labute approximate surface area is 344 Å². The number of ether oxygens (including phenoxy) is 2. The van der Waals surface area contributed by atoms with Gasteiger partial charge in [-0.3, -0.25) is 9.36 Å². The van der Waals surface area contributed by atoms with E-state index in [1.54, 1.807) is 36.5 Å². The second kappa shape index (κ2) is 17.9. The zero-order chi connectivity index (χ0) is 40.3. The highest BCUT2D eigenvalue weighted by molar-refractivity contribution is 6.03. The summed E-state index contributed by atoms with van der Waals surface area (Å²) < 4.78 is 16.3. The van der Waals surface area contributed by atoms with Crippen LogP contribution in [0, 0.1) is 0 Å². The first-order valence-corrected chi connectivity index (χ1v) is 19.6. The SMILES string of the molecule is O=C(Nc1ccn(C(COC(c2ccccc2)(c2ccccc2)c2ccccc2)COC(c2ccccc2)(c2ccccc2)c2ccccc2)c(=O)n1)c1ccccc1. The summed E-state index contributed by atoms with van der Waals surface area (Å²) in [4.78, 5) is 31.7. The Bertz CT molecular complexity index is 2280. The lowest BCUT2D eigenvalue weighted by molar-refractivity contribution is -0.0527. The number of aromatic nitrogens is 2. The molecular weight excluding hydrogens is 731 g/mol. The Morgan fingerprint density at radius 3 is 1.08 bits per heavy atom. The quantitative estimate of drug-likeness (QED) is 0.105. The number of amides is 1. The van der Waals surface area contributed by atoms with E-state index in [2.05, 4.69) is 83.1 Å². The third kappa shape index (κ3) is 8.16. The first kappa shape index (κ1) is 38.7. The maximum absolute atomic E-state index is 14.3. The fraction of sp³-hybridized carbons (Fsp3) is 0.0962. The summed E-state index contributed by atoms with van der Waals surface area (Å²) in [7, 11) is 0. The van der Waals surface area contributed by atoms with Gasteiger partial charge >= 0.3 is 5.69 Å². The van der Waals surface area contributed by atoms with Gasteiger partial charge in [0.05, 0.1) is 19.3 Å². The van der Waals surface area contributed by atoms with Crippen molar-refractivity contribution in [3.05, 3.63) is 274 Å². The van der Waals surface area contributed by atoms with Crippen LogP contribution in [0.15, 0.2) is 229 Å². The molecule has 1 amide bonds. The van der Waals surface area contributed by atoms with Crippen molar-refractivity contribution in [1.82, 2.24) is 9.55 Å². The Hall–Kier alpha value is -7.19. The van der Waals surface area contributed by atoms with E-state index < -0.39 is 22.9 Å². The van der Waals surface area contributed by atoms with Crippen LogP contribution in [-0.4, -0.2) is 28.7 Å². The zero-order valence-electron chi connectivity index (χ0n) is 32.4. The van der Waals surface area contributed by atoms with Crippen molar-refractivity contribution < 1.29 is 14.3 Å². The maximum atomic E-state index is 14.3. The first-order valence-electron chi connectivity index (χ1n) is 19.6. The van der Waals surface area contributed by atoms with Crippen molar-refractivity contribution >= 4 is 11.7 Å². The van der Waals surface area contributed by atoms with Crippen LogP contribution >= 0.6 is 0 Å². The van der Waals surface area contributed by atoms with E-state index in [0.717, 1.165) is 33.4 Å². The number of nitrogens with one attached hydrogen (secondary N) is 1. The summed E-state index contributed by atoms with van der Waals surface area (Å²) in [5.41, 5.74) is 3.29. The molecule has 0 aliphatic carbocycles. The predicted octanol–water partition coefficient (Wildman–Crippen LogP) is 10.1. The highest BCUT2D eigenvalue weighted by Gasteiger charge is 2.41. The molecule has 0 spiro atoms. The van der Waals surface area contributed by atoms with Crippen molar-refractivity contribution in [2.75, 3.05) is 18.5 Å². The molecule has 0 bridgehead atoms. The Morgan fingerprint density at radius 2 is 0.780 bits per heavy atom. The van der Waals surface area contributed by atoms with Gasteiger partial charge in [0.25, 0.3) is 5.91 Å². The van der Waals surface area contributed by atoms with Crippen LogP contribution in [0.3, 0.4) is 0 Å². The van der Waals surface area contributed by atoms with Crippen LogP contribution < -0.4 is 11.0 Å². The molecule has 8 rings (SSSR count). The summed E-state index contributed by atoms with van der Waals surface area (Å²) in [5.74, 6) is -0.227. The normalized spacial score (nSPS) is 11.6. The van der Waals surface area contributed by atoms with Crippen LogP contribution in [-0.2, 0) is 20.7 Å². The smallest absolute Gasteiger partial charge is 0.349 e. The van der Waals surface area contributed by atoms with Crippen LogP contribution in [0.4, 0.5) is 5.82 Å². The first-order chi connectivity index (χ1) is 29.1. The number of hydrogen-bond acceptors (Lipinski definition) is 5. The highest BCUT2D eigenvalue weighted by Crippen LogP contribution is 2.43. The molecular formula is C52H43N3O4. The third-order valence-electron chi connectivity index (χ3n) is 10.6. The van der Waals surface area contributed by atoms with E-state index in [1.807, 2.05) is 115 Å². The van der Waals surface area contributed by atoms with Crippen LogP contribution in [0.1, 0.15) is 49.8 Å². The van der Waals surface area contributed by atoms with E-state index in [0.29, 0.717) is 5.56 Å². The molecule has 0 saturated heterocycles. The van der Waals surface area contributed by atoms with Crippen molar-refractivity contribution in [2.45, 2.75) is 17.2 Å². The number of anilines is 1. The zero-order valence-corrected chi connectivity index (χ0v) is 32.4.